The molecule has 0 saturated heterocycles. The van der Waals surface area contributed by atoms with E-state index in [4.69, 9.17) is 5.11 Å². The highest BCUT2D eigenvalue weighted by molar-refractivity contribution is 7.98. The fraction of sp³-hybridized carbons (Fsp3) is 0.600. The van der Waals surface area contributed by atoms with Gasteiger partial charge in [0.1, 0.15) is 0 Å². The molecule has 1 aliphatic rings. The Morgan fingerprint density at radius 1 is 1.60 bits per heavy atom. The van der Waals surface area contributed by atoms with Crippen LogP contribution in [-0.4, -0.2) is 20.9 Å². The van der Waals surface area contributed by atoms with E-state index in [2.05, 4.69) is 18.9 Å². The second-order valence-electron chi connectivity index (χ2n) is 4.15. The quantitative estimate of drug-likeness (QED) is 0.856. The first-order chi connectivity index (χ1) is 7.09. The fourth-order valence-corrected chi connectivity index (χ4v) is 2.89. The molecule has 0 amide bonds. The van der Waals surface area contributed by atoms with E-state index in [0.717, 1.165) is 29.3 Å². The lowest BCUT2D eigenvalue weighted by Crippen LogP contribution is -2.10. The Morgan fingerprint density at radius 2 is 2.33 bits per heavy atom. The predicted octanol–water partition coefficient (Wildman–Crippen LogP) is 1.98. The Bertz CT molecular complexity index is 398. The summed E-state index contributed by atoms with van der Waals surface area (Å²) in [7, 11) is 0. The monoisotopic (exact) mass is 226 g/mol. The van der Waals surface area contributed by atoms with Gasteiger partial charge in [0.2, 0.25) is 0 Å². The van der Waals surface area contributed by atoms with Crippen molar-refractivity contribution in [3.8, 4) is 0 Å². The van der Waals surface area contributed by atoms with Gasteiger partial charge in [0.05, 0.1) is 5.69 Å². The smallest absolute Gasteiger partial charge is 0.356 e. The van der Waals surface area contributed by atoms with E-state index in [0.29, 0.717) is 5.92 Å². The number of thioether (sulfide) groups is 1. The summed E-state index contributed by atoms with van der Waals surface area (Å²) in [5, 5.41) is 13.2. The van der Waals surface area contributed by atoms with Crippen LogP contribution in [0, 0.1) is 5.92 Å². The number of hydrogen-bond acceptors (Lipinski definition) is 3. The molecule has 15 heavy (non-hydrogen) atoms. The van der Waals surface area contributed by atoms with Crippen molar-refractivity contribution in [2.45, 2.75) is 31.9 Å². The van der Waals surface area contributed by atoms with Crippen LogP contribution in [0.3, 0.4) is 0 Å². The summed E-state index contributed by atoms with van der Waals surface area (Å²) in [6.07, 6.45) is 0. The lowest BCUT2D eigenvalue weighted by atomic mass is 10.2. The highest BCUT2D eigenvalue weighted by atomic mass is 32.2. The van der Waals surface area contributed by atoms with Crippen molar-refractivity contribution in [3.05, 3.63) is 17.0 Å². The topological polar surface area (TPSA) is 55.1 Å². The number of hydrogen-bond donors (Lipinski definition) is 1. The van der Waals surface area contributed by atoms with E-state index >= 15 is 0 Å². The maximum atomic E-state index is 11.0. The van der Waals surface area contributed by atoms with Gasteiger partial charge in [-0.15, -0.1) is 0 Å². The summed E-state index contributed by atoms with van der Waals surface area (Å²) in [4.78, 5) is 11.0. The standard InChI is InChI=1S/C10H14N2O2S/c1-6(2)3-12-8-5-15-4-7(8)9(11-12)10(13)14/h6H,3-5H2,1-2H3,(H,13,14). The third-order valence-corrected chi connectivity index (χ3v) is 3.36. The van der Waals surface area contributed by atoms with Gasteiger partial charge in [-0.05, 0) is 5.92 Å². The van der Waals surface area contributed by atoms with Gasteiger partial charge in [0, 0.05) is 23.6 Å². The maximum Gasteiger partial charge on any atom is 0.356 e. The van der Waals surface area contributed by atoms with Crippen LogP contribution in [0.4, 0.5) is 0 Å². The van der Waals surface area contributed by atoms with Crippen LogP contribution >= 0.6 is 11.8 Å². The van der Waals surface area contributed by atoms with Gasteiger partial charge in [0.15, 0.2) is 5.69 Å². The SMILES string of the molecule is CC(C)Cn1nc(C(=O)O)c2c1CSC2. The molecule has 0 aromatic carbocycles. The minimum absolute atomic E-state index is 0.246. The van der Waals surface area contributed by atoms with Crippen LogP contribution in [0.25, 0.3) is 0 Å². The lowest BCUT2D eigenvalue weighted by molar-refractivity contribution is 0.0688. The number of rotatable bonds is 3. The molecule has 0 saturated carbocycles. The number of carbonyl (C=O) groups is 1. The van der Waals surface area contributed by atoms with Crippen molar-refractivity contribution in [2.24, 2.45) is 5.92 Å². The summed E-state index contributed by atoms with van der Waals surface area (Å²) in [5.41, 5.74) is 2.27. The zero-order chi connectivity index (χ0) is 11.0. The van der Waals surface area contributed by atoms with E-state index in [-0.39, 0.29) is 5.69 Å². The average Bonchev–Trinajstić information content (AvgIpc) is 2.66. The van der Waals surface area contributed by atoms with Crippen molar-refractivity contribution >= 4 is 17.7 Å². The number of nitrogens with zero attached hydrogens (tertiary/aromatic N) is 2. The molecule has 0 radical (unpaired) electrons. The molecule has 2 heterocycles. The summed E-state index contributed by atoms with van der Waals surface area (Å²) in [6.45, 7) is 5.02. The van der Waals surface area contributed by atoms with Crippen molar-refractivity contribution in [2.75, 3.05) is 0 Å². The fourth-order valence-electron chi connectivity index (χ4n) is 1.77. The molecule has 0 bridgehead atoms. The first kappa shape index (κ1) is 10.5. The Kier molecular flexibility index (Phi) is 2.73. The summed E-state index contributed by atoms with van der Waals surface area (Å²) < 4.78 is 1.86. The molecule has 0 aliphatic carbocycles. The van der Waals surface area contributed by atoms with Crippen LogP contribution < -0.4 is 0 Å². The number of carboxylic acids is 1. The Hall–Kier alpha value is -0.970. The summed E-state index contributed by atoms with van der Waals surface area (Å²) in [5.74, 6) is 1.26. The minimum Gasteiger partial charge on any atom is -0.476 e. The first-order valence-electron chi connectivity index (χ1n) is 4.99. The van der Waals surface area contributed by atoms with Gasteiger partial charge in [-0.2, -0.15) is 16.9 Å². The molecule has 1 N–H and O–H groups in total. The van der Waals surface area contributed by atoms with Crippen molar-refractivity contribution in [1.82, 2.24) is 9.78 Å². The lowest BCUT2D eigenvalue weighted by Gasteiger charge is -2.07. The number of aromatic nitrogens is 2. The Balaban J connectivity index is 2.40. The van der Waals surface area contributed by atoms with Crippen molar-refractivity contribution in [1.29, 1.82) is 0 Å². The van der Waals surface area contributed by atoms with Crippen LogP contribution in [0.2, 0.25) is 0 Å². The molecule has 4 nitrogen and oxygen atoms in total. The maximum absolute atomic E-state index is 11.0. The number of carboxylic acid groups (broad SMARTS) is 1. The molecule has 0 atom stereocenters. The molecule has 5 heteroatoms. The van der Waals surface area contributed by atoms with Crippen LogP contribution in [0.5, 0.6) is 0 Å². The van der Waals surface area contributed by atoms with E-state index < -0.39 is 5.97 Å². The number of aromatic carboxylic acids is 1. The van der Waals surface area contributed by atoms with Gasteiger partial charge in [0.25, 0.3) is 0 Å². The zero-order valence-corrected chi connectivity index (χ0v) is 9.67. The Labute approximate surface area is 92.7 Å². The van der Waals surface area contributed by atoms with E-state index in [1.807, 2.05) is 4.68 Å². The molecule has 1 aliphatic heterocycles. The third-order valence-electron chi connectivity index (χ3n) is 2.39. The van der Waals surface area contributed by atoms with Crippen molar-refractivity contribution < 1.29 is 9.90 Å². The largest absolute Gasteiger partial charge is 0.476 e. The molecule has 2 rings (SSSR count). The molecule has 82 valence electrons. The van der Waals surface area contributed by atoms with E-state index in [1.54, 1.807) is 11.8 Å². The second-order valence-corrected chi connectivity index (χ2v) is 5.13. The normalized spacial score (nSPS) is 14.6. The van der Waals surface area contributed by atoms with Crippen LogP contribution in [-0.2, 0) is 18.1 Å². The van der Waals surface area contributed by atoms with Gasteiger partial charge in [-0.3, -0.25) is 4.68 Å². The predicted molar refractivity (Wildman–Crippen MR) is 59.0 cm³/mol. The molecule has 0 fully saturated rings. The third kappa shape index (κ3) is 1.88. The second kappa shape index (κ2) is 3.89. The van der Waals surface area contributed by atoms with Crippen molar-refractivity contribution in [3.63, 3.8) is 0 Å². The van der Waals surface area contributed by atoms with E-state index in [9.17, 15) is 4.79 Å². The van der Waals surface area contributed by atoms with Gasteiger partial charge in [-0.1, -0.05) is 13.8 Å². The zero-order valence-electron chi connectivity index (χ0n) is 8.86. The van der Waals surface area contributed by atoms with Crippen LogP contribution in [0.1, 0.15) is 35.6 Å². The first-order valence-corrected chi connectivity index (χ1v) is 6.14. The molecule has 0 unspecified atom stereocenters. The number of fused-ring (bicyclic) bond motifs is 1. The molecule has 0 spiro atoms. The molecular formula is C10H14N2O2S. The Morgan fingerprint density at radius 3 is 2.93 bits per heavy atom. The van der Waals surface area contributed by atoms with Gasteiger partial charge < -0.3 is 5.11 Å². The highest BCUT2D eigenvalue weighted by Gasteiger charge is 2.26. The van der Waals surface area contributed by atoms with Gasteiger partial charge >= 0.3 is 5.97 Å². The molecule has 1 aromatic heterocycles. The minimum atomic E-state index is -0.906. The van der Waals surface area contributed by atoms with Crippen LogP contribution in [0.15, 0.2) is 0 Å². The average molecular weight is 226 g/mol. The summed E-state index contributed by atoms with van der Waals surface area (Å²) in [6, 6.07) is 0. The van der Waals surface area contributed by atoms with Gasteiger partial charge in [-0.25, -0.2) is 4.79 Å². The molecule has 1 aromatic rings. The van der Waals surface area contributed by atoms with E-state index in [1.165, 1.54) is 0 Å². The summed E-state index contributed by atoms with van der Waals surface area (Å²) >= 11 is 1.76. The highest BCUT2D eigenvalue weighted by Crippen LogP contribution is 2.32. The molecular weight excluding hydrogens is 212 g/mol.